The standard InChI is InChI=1S/C11H8N2O3S/c14-13(15)9-6-7-11(12-8-9)17(16)10-4-2-1-3-5-10/h1-8H. The normalized spacial score (nSPS) is 12.0. The van der Waals surface area contributed by atoms with Crippen LogP contribution in [0.25, 0.3) is 0 Å². The molecule has 2 rings (SSSR count). The van der Waals surface area contributed by atoms with Gasteiger partial charge in [-0.1, -0.05) is 18.2 Å². The van der Waals surface area contributed by atoms with Crippen molar-refractivity contribution < 1.29 is 9.13 Å². The van der Waals surface area contributed by atoms with Crippen LogP contribution < -0.4 is 0 Å². The van der Waals surface area contributed by atoms with Crippen molar-refractivity contribution >= 4 is 16.5 Å². The summed E-state index contributed by atoms with van der Waals surface area (Å²) in [6.07, 6.45) is 1.11. The van der Waals surface area contributed by atoms with Crippen LogP contribution in [-0.4, -0.2) is 14.1 Å². The van der Waals surface area contributed by atoms with E-state index in [4.69, 9.17) is 0 Å². The van der Waals surface area contributed by atoms with Crippen LogP contribution in [0.3, 0.4) is 0 Å². The lowest BCUT2D eigenvalue weighted by molar-refractivity contribution is -0.385. The van der Waals surface area contributed by atoms with Crippen LogP contribution in [0.15, 0.2) is 58.6 Å². The molecular formula is C11H8N2O3S. The van der Waals surface area contributed by atoms with Crippen molar-refractivity contribution in [3.8, 4) is 0 Å². The number of hydrogen-bond acceptors (Lipinski definition) is 4. The summed E-state index contributed by atoms with van der Waals surface area (Å²) < 4.78 is 12.0. The number of hydrogen-bond donors (Lipinski definition) is 0. The summed E-state index contributed by atoms with van der Waals surface area (Å²) in [6, 6.07) is 11.5. The van der Waals surface area contributed by atoms with Gasteiger partial charge in [-0.05, 0) is 18.2 Å². The maximum Gasteiger partial charge on any atom is 0.287 e. The molecule has 1 aromatic heterocycles. The lowest BCUT2D eigenvalue weighted by Gasteiger charge is -2.00. The fraction of sp³-hybridized carbons (Fsp3) is 0. The lowest BCUT2D eigenvalue weighted by Crippen LogP contribution is -1.97. The van der Waals surface area contributed by atoms with Gasteiger partial charge in [0, 0.05) is 11.0 Å². The van der Waals surface area contributed by atoms with Gasteiger partial charge < -0.3 is 0 Å². The summed E-state index contributed by atoms with van der Waals surface area (Å²) in [5.41, 5.74) is -0.112. The van der Waals surface area contributed by atoms with Crippen LogP contribution in [0.4, 0.5) is 5.69 Å². The molecule has 6 heteroatoms. The van der Waals surface area contributed by atoms with E-state index >= 15 is 0 Å². The quantitative estimate of drug-likeness (QED) is 0.616. The van der Waals surface area contributed by atoms with E-state index in [1.165, 1.54) is 12.1 Å². The molecule has 86 valence electrons. The molecule has 0 aliphatic carbocycles. The van der Waals surface area contributed by atoms with E-state index in [0.29, 0.717) is 9.92 Å². The van der Waals surface area contributed by atoms with Crippen molar-refractivity contribution in [2.75, 3.05) is 0 Å². The Balaban J connectivity index is 2.30. The second-order valence-corrected chi connectivity index (χ2v) is 4.62. The second kappa shape index (κ2) is 4.84. The Hall–Kier alpha value is -2.08. The fourth-order valence-electron chi connectivity index (χ4n) is 1.25. The number of benzene rings is 1. The van der Waals surface area contributed by atoms with Crippen molar-refractivity contribution in [2.45, 2.75) is 9.92 Å². The highest BCUT2D eigenvalue weighted by Gasteiger charge is 2.11. The van der Waals surface area contributed by atoms with Crippen molar-refractivity contribution in [1.29, 1.82) is 0 Å². The average Bonchev–Trinajstić information content (AvgIpc) is 2.39. The zero-order valence-corrected chi connectivity index (χ0v) is 9.46. The van der Waals surface area contributed by atoms with Crippen molar-refractivity contribution in [2.24, 2.45) is 0 Å². The minimum Gasteiger partial charge on any atom is -0.258 e. The van der Waals surface area contributed by atoms with E-state index in [9.17, 15) is 14.3 Å². The Labute approximate surface area is 99.7 Å². The lowest BCUT2D eigenvalue weighted by atomic mass is 10.4. The molecule has 0 amide bonds. The van der Waals surface area contributed by atoms with Gasteiger partial charge in [-0.15, -0.1) is 0 Å². The minimum absolute atomic E-state index is 0.112. The Morgan fingerprint density at radius 2 is 1.82 bits per heavy atom. The average molecular weight is 248 g/mol. The molecule has 2 aromatic rings. The highest BCUT2D eigenvalue weighted by molar-refractivity contribution is 7.85. The molecule has 0 radical (unpaired) electrons. The van der Waals surface area contributed by atoms with Crippen LogP contribution >= 0.6 is 0 Å². The molecule has 0 fully saturated rings. The number of nitrogens with zero attached hydrogens (tertiary/aromatic N) is 2. The maximum atomic E-state index is 12.0. The summed E-state index contributed by atoms with van der Waals surface area (Å²) in [5, 5.41) is 10.7. The first-order valence-corrected chi connectivity index (χ1v) is 5.91. The molecule has 1 aromatic carbocycles. The molecule has 17 heavy (non-hydrogen) atoms. The number of rotatable bonds is 3. The SMILES string of the molecule is O=[N+]([O-])c1ccc(S(=O)c2ccccc2)nc1. The fourth-order valence-corrected chi connectivity index (χ4v) is 2.24. The van der Waals surface area contributed by atoms with Gasteiger partial charge in [-0.25, -0.2) is 9.19 Å². The van der Waals surface area contributed by atoms with Gasteiger partial charge in [-0.3, -0.25) is 10.1 Å². The van der Waals surface area contributed by atoms with Crippen molar-refractivity contribution in [3.63, 3.8) is 0 Å². The van der Waals surface area contributed by atoms with E-state index in [1.54, 1.807) is 24.3 Å². The third-order valence-electron chi connectivity index (χ3n) is 2.08. The van der Waals surface area contributed by atoms with Gasteiger partial charge in [0.05, 0.1) is 4.92 Å². The van der Waals surface area contributed by atoms with Gasteiger partial charge in [0.15, 0.2) is 0 Å². The number of nitro groups is 1. The molecule has 1 atom stereocenters. The molecule has 5 nitrogen and oxygen atoms in total. The predicted molar refractivity (Wildman–Crippen MR) is 62.0 cm³/mol. The van der Waals surface area contributed by atoms with Crippen LogP contribution in [0, 0.1) is 10.1 Å². The van der Waals surface area contributed by atoms with Gasteiger partial charge in [0.25, 0.3) is 5.69 Å². The molecule has 0 spiro atoms. The van der Waals surface area contributed by atoms with Crippen molar-refractivity contribution in [1.82, 2.24) is 4.98 Å². The third kappa shape index (κ3) is 2.54. The third-order valence-corrected chi connectivity index (χ3v) is 3.40. The Morgan fingerprint density at radius 3 is 2.35 bits per heavy atom. The highest BCUT2D eigenvalue weighted by atomic mass is 32.2. The second-order valence-electron chi connectivity index (χ2n) is 3.19. The van der Waals surface area contributed by atoms with E-state index in [0.717, 1.165) is 6.20 Å². The highest BCUT2D eigenvalue weighted by Crippen LogP contribution is 2.16. The van der Waals surface area contributed by atoms with E-state index < -0.39 is 15.7 Å². The van der Waals surface area contributed by atoms with Gasteiger partial charge in [0.1, 0.15) is 22.0 Å². The van der Waals surface area contributed by atoms with Gasteiger partial charge in [-0.2, -0.15) is 0 Å². The van der Waals surface area contributed by atoms with Gasteiger partial charge in [0.2, 0.25) is 0 Å². The molecule has 1 heterocycles. The monoisotopic (exact) mass is 248 g/mol. The first-order chi connectivity index (χ1) is 8.18. The summed E-state index contributed by atoms with van der Waals surface area (Å²) in [7, 11) is -1.40. The van der Waals surface area contributed by atoms with Crippen LogP contribution in [0.1, 0.15) is 0 Å². The molecule has 0 aliphatic heterocycles. The number of aromatic nitrogens is 1. The Morgan fingerprint density at radius 1 is 1.12 bits per heavy atom. The summed E-state index contributed by atoms with van der Waals surface area (Å²) >= 11 is 0. The topological polar surface area (TPSA) is 73.1 Å². The van der Waals surface area contributed by atoms with Crippen LogP contribution in [-0.2, 0) is 10.8 Å². The minimum atomic E-state index is -1.40. The van der Waals surface area contributed by atoms with Crippen molar-refractivity contribution in [3.05, 3.63) is 58.8 Å². The van der Waals surface area contributed by atoms with Crippen LogP contribution in [0.5, 0.6) is 0 Å². The maximum absolute atomic E-state index is 12.0. The molecule has 0 bridgehead atoms. The first kappa shape index (κ1) is 11.4. The van der Waals surface area contributed by atoms with E-state index in [1.807, 2.05) is 6.07 Å². The largest absolute Gasteiger partial charge is 0.287 e. The zero-order chi connectivity index (χ0) is 12.3. The number of pyridine rings is 1. The predicted octanol–water partition coefficient (Wildman–Crippen LogP) is 2.16. The van der Waals surface area contributed by atoms with E-state index in [2.05, 4.69) is 4.98 Å². The summed E-state index contributed by atoms with van der Waals surface area (Å²) in [5.74, 6) is 0. The molecule has 1 unspecified atom stereocenters. The molecule has 0 saturated heterocycles. The molecule has 0 saturated carbocycles. The Bertz CT molecular complexity index is 555. The molecule has 0 N–H and O–H groups in total. The molecule has 0 aliphatic rings. The summed E-state index contributed by atoms with van der Waals surface area (Å²) in [4.78, 5) is 14.4. The zero-order valence-electron chi connectivity index (χ0n) is 8.65. The Kier molecular flexibility index (Phi) is 3.24. The molecular weight excluding hydrogens is 240 g/mol. The van der Waals surface area contributed by atoms with Gasteiger partial charge >= 0.3 is 0 Å². The smallest absolute Gasteiger partial charge is 0.258 e. The van der Waals surface area contributed by atoms with Crippen LogP contribution in [0.2, 0.25) is 0 Å². The summed E-state index contributed by atoms with van der Waals surface area (Å²) in [6.45, 7) is 0. The van der Waals surface area contributed by atoms with E-state index in [-0.39, 0.29) is 5.69 Å². The first-order valence-electron chi connectivity index (χ1n) is 4.76.